The van der Waals surface area contributed by atoms with E-state index in [0.29, 0.717) is 5.92 Å². The van der Waals surface area contributed by atoms with E-state index in [4.69, 9.17) is 4.74 Å². The van der Waals surface area contributed by atoms with Crippen molar-refractivity contribution in [3.63, 3.8) is 0 Å². The van der Waals surface area contributed by atoms with Gasteiger partial charge in [0.25, 0.3) is 0 Å². The molecule has 14 heavy (non-hydrogen) atoms. The van der Waals surface area contributed by atoms with Crippen molar-refractivity contribution in [2.45, 2.75) is 65.1 Å². The summed E-state index contributed by atoms with van der Waals surface area (Å²) >= 11 is 0. The molecule has 0 radical (unpaired) electrons. The number of methoxy groups -OCH3 is 1. The van der Waals surface area contributed by atoms with E-state index >= 15 is 0 Å². The number of aliphatic hydroxyl groups excluding tert-OH is 1. The molecule has 0 amide bonds. The van der Waals surface area contributed by atoms with Gasteiger partial charge in [0.15, 0.2) is 0 Å². The third-order valence-electron chi connectivity index (χ3n) is 2.73. The van der Waals surface area contributed by atoms with Crippen LogP contribution in [0.15, 0.2) is 0 Å². The van der Waals surface area contributed by atoms with Gasteiger partial charge in [-0.1, -0.05) is 40.0 Å². The maximum absolute atomic E-state index is 9.91. The molecule has 3 atom stereocenters. The molecule has 0 spiro atoms. The third kappa shape index (κ3) is 5.61. The van der Waals surface area contributed by atoms with Crippen molar-refractivity contribution in [3.8, 4) is 0 Å². The van der Waals surface area contributed by atoms with Gasteiger partial charge >= 0.3 is 0 Å². The van der Waals surface area contributed by atoms with E-state index in [-0.39, 0.29) is 12.2 Å². The zero-order valence-electron chi connectivity index (χ0n) is 10.1. The maximum atomic E-state index is 9.91. The van der Waals surface area contributed by atoms with Gasteiger partial charge in [-0.15, -0.1) is 0 Å². The van der Waals surface area contributed by atoms with Crippen molar-refractivity contribution in [1.82, 2.24) is 0 Å². The average Bonchev–Trinajstić information content (AvgIpc) is 2.14. The van der Waals surface area contributed by atoms with Gasteiger partial charge in [0.05, 0.1) is 12.2 Å². The quantitative estimate of drug-likeness (QED) is 0.655. The monoisotopic (exact) mass is 202 g/mol. The summed E-state index contributed by atoms with van der Waals surface area (Å²) < 4.78 is 5.28. The number of ether oxygens (including phenoxy) is 1. The predicted octanol–water partition coefficient (Wildman–Crippen LogP) is 2.99. The average molecular weight is 202 g/mol. The Hall–Kier alpha value is -0.0800. The third-order valence-corrected chi connectivity index (χ3v) is 2.73. The fourth-order valence-corrected chi connectivity index (χ4v) is 1.93. The minimum atomic E-state index is -0.290. The SMILES string of the molecule is CCCC(C)CC(O)C(CCC)OC. The Labute approximate surface area is 88.7 Å². The first-order chi connectivity index (χ1) is 6.65. The first-order valence-corrected chi connectivity index (χ1v) is 5.86. The minimum Gasteiger partial charge on any atom is -0.390 e. The van der Waals surface area contributed by atoms with Crippen LogP contribution in [0.5, 0.6) is 0 Å². The van der Waals surface area contributed by atoms with Crippen LogP contribution in [0.4, 0.5) is 0 Å². The smallest absolute Gasteiger partial charge is 0.0830 e. The van der Waals surface area contributed by atoms with Crippen LogP contribution < -0.4 is 0 Å². The molecule has 0 saturated carbocycles. The van der Waals surface area contributed by atoms with Crippen LogP contribution >= 0.6 is 0 Å². The molecule has 1 N–H and O–H groups in total. The molecule has 0 aromatic heterocycles. The molecule has 0 bridgehead atoms. The fourth-order valence-electron chi connectivity index (χ4n) is 1.93. The molecule has 0 rings (SSSR count). The first kappa shape index (κ1) is 13.9. The summed E-state index contributed by atoms with van der Waals surface area (Å²) in [5, 5.41) is 9.91. The van der Waals surface area contributed by atoms with Crippen LogP contribution in [0.2, 0.25) is 0 Å². The Balaban J connectivity index is 3.83. The molecule has 2 nitrogen and oxygen atoms in total. The maximum Gasteiger partial charge on any atom is 0.0830 e. The van der Waals surface area contributed by atoms with Gasteiger partial charge in [-0.25, -0.2) is 0 Å². The topological polar surface area (TPSA) is 29.5 Å². The van der Waals surface area contributed by atoms with Gasteiger partial charge in [-0.05, 0) is 18.8 Å². The number of aliphatic hydroxyl groups is 1. The Kier molecular flexibility index (Phi) is 8.20. The summed E-state index contributed by atoms with van der Waals surface area (Å²) in [5.41, 5.74) is 0. The summed E-state index contributed by atoms with van der Waals surface area (Å²) in [6, 6.07) is 0. The molecular weight excluding hydrogens is 176 g/mol. The molecule has 0 aromatic carbocycles. The first-order valence-electron chi connectivity index (χ1n) is 5.86. The molecule has 3 unspecified atom stereocenters. The lowest BCUT2D eigenvalue weighted by molar-refractivity contribution is -0.0268. The lowest BCUT2D eigenvalue weighted by Gasteiger charge is -2.23. The lowest BCUT2D eigenvalue weighted by Crippen LogP contribution is -2.29. The summed E-state index contributed by atoms with van der Waals surface area (Å²) in [6.07, 6.45) is 5.01. The van der Waals surface area contributed by atoms with Crippen molar-refractivity contribution in [2.75, 3.05) is 7.11 Å². The molecule has 0 fully saturated rings. The van der Waals surface area contributed by atoms with Gasteiger partial charge in [-0.2, -0.15) is 0 Å². The van der Waals surface area contributed by atoms with Gasteiger partial charge in [0, 0.05) is 7.11 Å². The van der Waals surface area contributed by atoms with Gasteiger partial charge in [0.2, 0.25) is 0 Å². The molecular formula is C12H26O2. The molecule has 2 heteroatoms. The van der Waals surface area contributed by atoms with Crippen molar-refractivity contribution >= 4 is 0 Å². The highest BCUT2D eigenvalue weighted by Crippen LogP contribution is 2.17. The normalized spacial score (nSPS) is 17.8. The Morgan fingerprint density at radius 1 is 1.14 bits per heavy atom. The highest BCUT2D eigenvalue weighted by Gasteiger charge is 2.19. The highest BCUT2D eigenvalue weighted by atomic mass is 16.5. The summed E-state index contributed by atoms with van der Waals surface area (Å²) in [4.78, 5) is 0. The molecule has 86 valence electrons. The van der Waals surface area contributed by atoms with Crippen molar-refractivity contribution in [2.24, 2.45) is 5.92 Å². The van der Waals surface area contributed by atoms with E-state index in [2.05, 4.69) is 20.8 Å². The van der Waals surface area contributed by atoms with E-state index in [1.807, 2.05) is 0 Å². The molecule has 0 aliphatic carbocycles. The van der Waals surface area contributed by atoms with Crippen LogP contribution in [-0.4, -0.2) is 24.4 Å². The second-order valence-corrected chi connectivity index (χ2v) is 4.26. The standard InChI is InChI=1S/C12H26O2/c1-5-7-10(3)9-11(13)12(14-4)8-6-2/h10-13H,5-9H2,1-4H3. The summed E-state index contributed by atoms with van der Waals surface area (Å²) in [7, 11) is 1.69. The zero-order chi connectivity index (χ0) is 11.0. The Morgan fingerprint density at radius 3 is 2.14 bits per heavy atom. The fraction of sp³-hybridized carbons (Fsp3) is 1.00. The number of rotatable bonds is 8. The van der Waals surface area contributed by atoms with Crippen molar-refractivity contribution in [1.29, 1.82) is 0 Å². The molecule has 0 saturated heterocycles. The van der Waals surface area contributed by atoms with Crippen LogP contribution in [-0.2, 0) is 4.74 Å². The summed E-state index contributed by atoms with van der Waals surface area (Å²) in [5.74, 6) is 0.601. The van der Waals surface area contributed by atoms with Crippen LogP contribution in [0.1, 0.15) is 52.9 Å². The molecule has 0 heterocycles. The molecule has 0 aliphatic heterocycles. The summed E-state index contributed by atoms with van der Waals surface area (Å²) in [6.45, 7) is 6.50. The van der Waals surface area contributed by atoms with Crippen molar-refractivity contribution < 1.29 is 9.84 Å². The highest BCUT2D eigenvalue weighted by molar-refractivity contribution is 4.71. The van der Waals surface area contributed by atoms with Gasteiger partial charge in [0.1, 0.15) is 0 Å². The predicted molar refractivity (Wildman–Crippen MR) is 60.4 cm³/mol. The number of hydrogen-bond acceptors (Lipinski definition) is 2. The van der Waals surface area contributed by atoms with Crippen LogP contribution in [0.3, 0.4) is 0 Å². The minimum absolute atomic E-state index is 0.0271. The van der Waals surface area contributed by atoms with Crippen LogP contribution in [0.25, 0.3) is 0 Å². The van der Waals surface area contributed by atoms with E-state index < -0.39 is 0 Å². The number of hydrogen-bond donors (Lipinski definition) is 1. The van der Waals surface area contributed by atoms with Gasteiger partial charge < -0.3 is 9.84 Å². The van der Waals surface area contributed by atoms with E-state index in [1.165, 1.54) is 12.8 Å². The Morgan fingerprint density at radius 2 is 1.71 bits per heavy atom. The lowest BCUT2D eigenvalue weighted by atomic mass is 9.94. The molecule has 0 aliphatic rings. The second-order valence-electron chi connectivity index (χ2n) is 4.26. The van der Waals surface area contributed by atoms with Crippen LogP contribution in [0, 0.1) is 5.92 Å². The second kappa shape index (κ2) is 8.25. The van der Waals surface area contributed by atoms with Crippen molar-refractivity contribution in [3.05, 3.63) is 0 Å². The van der Waals surface area contributed by atoms with E-state index in [0.717, 1.165) is 19.3 Å². The Bertz CT molecular complexity index is 125. The molecule has 0 aromatic rings. The van der Waals surface area contributed by atoms with E-state index in [1.54, 1.807) is 7.11 Å². The van der Waals surface area contributed by atoms with Gasteiger partial charge in [-0.3, -0.25) is 0 Å². The van der Waals surface area contributed by atoms with E-state index in [9.17, 15) is 5.11 Å². The zero-order valence-corrected chi connectivity index (χ0v) is 10.1. The largest absolute Gasteiger partial charge is 0.390 e.